The van der Waals surface area contributed by atoms with Crippen molar-refractivity contribution in [3.8, 4) is 6.07 Å². The summed E-state index contributed by atoms with van der Waals surface area (Å²) >= 11 is 0. The zero-order chi connectivity index (χ0) is 16.2. The molecule has 0 heterocycles. The molecule has 22 heavy (non-hydrogen) atoms. The van der Waals surface area contributed by atoms with Crippen LogP contribution in [0.15, 0.2) is 54.6 Å². The van der Waals surface area contributed by atoms with Crippen LogP contribution < -0.4 is 0 Å². The summed E-state index contributed by atoms with van der Waals surface area (Å²) in [6, 6.07) is 12.8. The fourth-order valence-electron chi connectivity index (χ4n) is 1.87. The van der Waals surface area contributed by atoms with Crippen LogP contribution >= 0.6 is 0 Å². The molecule has 2 nitrogen and oxygen atoms in total. The lowest BCUT2D eigenvalue weighted by Gasteiger charge is -2.09. The lowest BCUT2D eigenvalue weighted by atomic mass is 10.0. The van der Waals surface area contributed by atoms with Crippen LogP contribution in [0.4, 0.5) is 13.2 Å². The summed E-state index contributed by atoms with van der Waals surface area (Å²) in [5, 5.41) is 8.67. The Morgan fingerprint density at radius 2 is 1.68 bits per heavy atom. The predicted octanol–water partition coefficient (Wildman–Crippen LogP) is 4.47. The highest BCUT2D eigenvalue weighted by molar-refractivity contribution is 6.06. The van der Waals surface area contributed by atoms with Crippen LogP contribution in [0.25, 0.3) is 6.08 Å². The molecule has 0 N–H and O–H groups in total. The Labute approximate surface area is 125 Å². The molecule has 0 aromatic heterocycles. The van der Waals surface area contributed by atoms with E-state index in [0.717, 1.165) is 18.2 Å². The third-order valence-electron chi connectivity index (χ3n) is 2.98. The van der Waals surface area contributed by atoms with E-state index in [-0.39, 0.29) is 5.56 Å². The number of rotatable bonds is 3. The second-order valence-electron chi connectivity index (χ2n) is 4.47. The van der Waals surface area contributed by atoms with E-state index in [2.05, 4.69) is 0 Å². The number of carbonyl (C=O) groups is 1. The molecule has 2 aromatic rings. The van der Waals surface area contributed by atoms with Crippen molar-refractivity contribution in [3.63, 3.8) is 0 Å². The Morgan fingerprint density at radius 1 is 1.05 bits per heavy atom. The molecule has 2 rings (SSSR count). The molecule has 0 aliphatic carbocycles. The summed E-state index contributed by atoms with van der Waals surface area (Å²) < 4.78 is 38.5. The van der Waals surface area contributed by atoms with Crippen molar-refractivity contribution in [2.45, 2.75) is 6.18 Å². The number of halogens is 3. The smallest absolute Gasteiger partial charge is 0.289 e. The lowest BCUT2D eigenvalue weighted by molar-refractivity contribution is -0.137. The predicted molar refractivity (Wildman–Crippen MR) is 76.0 cm³/mol. The first-order chi connectivity index (χ1) is 10.4. The van der Waals surface area contributed by atoms with Gasteiger partial charge in [0.1, 0.15) is 0 Å². The maximum atomic E-state index is 12.8. The number of hydrogen-bond acceptors (Lipinski definition) is 2. The second kappa shape index (κ2) is 6.27. The number of hydrogen-bond donors (Lipinski definition) is 0. The van der Waals surface area contributed by atoms with Crippen molar-refractivity contribution in [1.82, 2.24) is 0 Å². The molecular weight excluding hydrogens is 291 g/mol. The largest absolute Gasteiger partial charge is 0.416 e. The first-order valence-corrected chi connectivity index (χ1v) is 6.30. The summed E-state index contributed by atoms with van der Waals surface area (Å²) in [6.45, 7) is 0. The van der Waals surface area contributed by atoms with Crippen LogP contribution in [-0.4, -0.2) is 5.78 Å². The quantitative estimate of drug-likeness (QED) is 0.620. The van der Waals surface area contributed by atoms with E-state index < -0.39 is 17.5 Å². The van der Waals surface area contributed by atoms with Gasteiger partial charge in [0.2, 0.25) is 0 Å². The summed E-state index contributed by atoms with van der Waals surface area (Å²) in [7, 11) is 0. The molecule has 0 fully saturated rings. The van der Waals surface area contributed by atoms with Gasteiger partial charge in [-0.25, -0.2) is 0 Å². The average molecular weight is 301 g/mol. The lowest BCUT2D eigenvalue weighted by Crippen LogP contribution is -2.07. The second-order valence-corrected chi connectivity index (χ2v) is 4.47. The topological polar surface area (TPSA) is 40.9 Å². The Bertz CT molecular complexity index is 753. The minimum atomic E-state index is -4.47. The molecule has 0 spiro atoms. The van der Waals surface area contributed by atoms with Gasteiger partial charge in [0.15, 0.2) is 5.78 Å². The zero-order valence-corrected chi connectivity index (χ0v) is 11.3. The van der Waals surface area contributed by atoms with E-state index >= 15 is 0 Å². The standard InChI is InChI=1S/C17H10F3NO/c18-17(19,20)15-4-2-1-3-13(15)9-10-16(22)14-7-5-12(11-21)6-8-14/h1-10H. The highest BCUT2D eigenvalue weighted by atomic mass is 19.4. The Kier molecular flexibility index (Phi) is 4.42. The minimum absolute atomic E-state index is 0.0722. The minimum Gasteiger partial charge on any atom is -0.289 e. The van der Waals surface area contributed by atoms with E-state index in [0.29, 0.717) is 11.1 Å². The van der Waals surface area contributed by atoms with Gasteiger partial charge in [0.25, 0.3) is 0 Å². The van der Waals surface area contributed by atoms with Crippen LogP contribution in [0, 0.1) is 11.3 Å². The summed E-state index contributed by atoms with van der Waals surface area (Å²) in [5.74, 6) is -0.429. The third kappa shape index (κ3) is 3.61. The van der Waals surface area contributed by atoms with Crippen molar-refractivity contribution in [2.24, 2.45) is 0 Å². The molecule has 110 valence electrons. The van der Waals surface area contributed by atoms with Crippen LogP contribution in [0.1, 0.15) is 27.0 Å². The molecule has 0 saturated carbocycles. The Balaban J connectivity index is 2.25. The monoisotopic (exact) mass is 301 g/mol. The highest BCUT2D eigenvalue weighted by Gasteiger charge is 2.32. The fraction of sp³-hybridized carbons (Fsp3) is 0.0588. The molecule has 0 amide bonds. The molecule has 5 heteroatoms. The first kappa shape index (κ1) is 15.5. The van der Waals surface area contributed by atoms with Gasteiger partial charge >= 0.3 is 6.18 Å². The van der Waals surface area contributed by atoms with Gasteiger partial charge < -0.3 is 0 Å². The Hall–Kier alpha value is -2.87. The van der Waals surface area contributed by atoms with Gasteiger partial charge in [-0.2, -0.15) is 18.4 Å². The van der Waals surface area contributed by atoms with Crippen LogP contribution in [0.5, 0.6) is 0 Å². The number of benzene rings is 2. The molecule has 0 unspecified atom stereocenters. The van der Waals surface area contributed by atoms with E-state index in [1.165, 1.54) is 42.5 Å². The maximum Gasteiger partial charge on any atom is 0.416 e. The molecule has 0 radical (unpaired) electrons. The van der Waals surface area contributed by atoms with Gasteiger partial charge in [-0.1, -0.05) is 24.3 Å². The number of allylic oxidation sites excluding steroid dienone is 1. The molecule has 0 bridgehead atoms. The number of ketones is 1. The number of nitriles is 1. The van der Waals surface area contributed by atoms with Crippen LogP contribution in [0.2, 0.25) is 0 Å². The van der Waals surface area contributed by atoms with Gasteiger partial charge in [0.05, 0.1) is 17.2 Å². The van der Waals surface area contributed by atoms with E-state index in [1.54, 1.807) is 0 Å². The van der Waals surface area contributed by atoms with Crippen molar-refractivity contribution >= 4 is 11.9 Å². The van der Waals surface area contributed by atoms with Crippen molar-refractivity contribution in [1.29, 1.82) is 5.26 Å². The molecule has 0 aliphatic rings. The van der Waals surface area contributed by atoms with Crippen molar-refractivity contribution in [2.75, 3.05) is 0 Å². The maximum absolute atomic E-state index is 12.8. The SMILES string of the molecule is N#Cc1ccc(C(=O)C=Cc2ccccc2C(F)(F)F)cc1. The summed E-state index contributed by atoms with van der Waals surface area (Å²) in [6.07, 6.45) is -2.24. The van der Waals surface area contributed by atoms with Crippen molar-refractivity contribution < 1.29 is 18.0 Å². The fourth-order valence-corrected chi connectivity index (χ4v) is 1.87. The van der Waals surface area contributed by atoms with Crippen LogP contribution in [0.3, 0.4) is 0 Å². The van der Waals surface area contributed by atoms with Crippen molar-refractivity contribution in [3.05, 3.63) is 76.9 Å². The van der Waals surface area contributed by atoms with Crippen LogP contribution in [-0.2, 0) is 6.18 Å². The zero-order valence-electron chi connectivity index (χ0n) is 11.3. The number of alkyl halides is 3. The van der Waals surface area contributed by atoms with E-state index in [1.807, 2.05) is 6.07 Å². The first-order valence-electron chi connectivity index (χ1n) is 6.30. The number of carbonyl (C=O) groups excluding carboxylic acids is 1. The van der Waals surface area contributed by atoms with Gasteiger partial charge in [-0.05, 0) is 42.0 Å². The normalized spacial score (nSPS) is 11.4. The van der Waals surface area contributed by atoms with E-state index in [4.69, 9.17) is 5.26 Å². The van der Waals surface area contributed by atoms with E-state index in [9.17, 15) is 18.0 Å². The Morgan fingerprint density at radius 3 is 2.27 bits per heavy atom. The molecular formula is C17H10F3NO. The summed E-state index contributed by atoms with van der Waals surface area (Å²) in [5.41, 5.74) is -0.154. The molecule has 2 aromatic carbocycles. The third-order valence-corrected chi connectivity index (χ3v) is 2.98. The van der Waals surface area contributed by atoms with Gasteiger partial charge in [-0.3, -0.25) is 4.79 Å². The number of nitrogens with zero attached hydrogens (tertiary/aromatic N) is 1. The van der Waals surface area contributed by atoms with Gasteiger partial charge in [-0.15, -0.1) is 0 Å². The average Bonchev–Trinajstić information content (AvgIpc) is 2.52. The summed E-state index contributed by atoms with van der Waals surface area (Å²) in [4.78, 5) is 11.9. The molecule has 0 saturated heterocycles. The molecule has 0 atom stereocenters. The van der Waals surface area contributed by atoms with Gasteiger partial charge in [0, 0.05) is 5.56 Å². The molecule has 0 aliphatic heterocycles. The highest BCUT2D eigenvalue weighted by Crippen LogP contribution is 2.32.